The number of nitrogens with zero attached hydrogens (tertiary/aromatic N) is 1. The Morgan fingerprint density at radius 2 is 1.75 bits per heavy atom. The first kappa shape index (κ1) is 17.0. The van der Waals surface area contributed by atoms with E-state index in [9.17, 15) is 4.79 Å². The van der Waals surface area contributed by atoms with Crippen molar-refractivity contribution in [3.05, 3.63) is 34.9 Å². The molecule has 1 aromatic rings. The lowest BCUT2D eigenvalue weighted by Crippen LogP contribution is -2.25. The number of unbranched alkanes of at least 4 members (excludes halogenated alkanes) is 2. The minimum Gasteiger partial charge on any atom is -0.352 e. The minimum atomic E-state index is -0.0228. The van der Waals surface area contributed by atoms with Gasteiger partial charge < -0.3 is 10.2 Å². The molecule has 0 aliphatic rings. The molecule has 0 aliphatic carbocycles. The largest absolute Gasteiger partial charge is 0.352 e. The summed E-state index contributed by atoms with van der Waals surface area (Å²) in [7, 11) is 0. The number of benzene rings is 1. The van der Waals surface area contributed by atoms with E-state index < -0.39 is 0 Å². The van der Waals surface area contributed by atoms with Crippen LogP contribution in [0.5, 0.6) is 0 Å². The number of amides is 1. The third-order valence-electron chi connectivity index (χ3n) is 3.44. The van der Waals surface area contributed by atoms with Crippen LogP contribution in [0.1, 0.15) is 43.5 Å². The van der Waals surface area contributed by atoms with Gasteiger partial charge in [0.15, 0.2) is 0 Å². The molecule has 0 unspecified atom stereocenters. The Hall–Kier alpha value is -1.06. The fraction of sp³-hybridized carbons (Fsp3) is 0.562. The van der Waals surface area contributed by atoms with E-state index in [4.69, 9.17) is 11.6 Å². The molecule has 4 heteroatoms. The molecule has 0 atom stereocenters. The summed E-state index contributed by atoms with van der Waals surface area (Å²) in [6.07, 6.45) is 3.37. The van der Waals surface area contributed by atoms with Crippen LogP contribution < -0.4 is 5.32 Å². The van der Waals surface area contributed by atoms with E-state index in [2.05, 4.69) is 24.1 Å². The molecular weight excluding hydrogens is 272 g/mol. The van der Waals surface area contributed by atoms with Gasteiger partial charge in [-0.1, -0.05) is 31.9 Å². The van der Waals surface area contributed by atoms with Gasteiger partial charge in [0.05, 0.1) is 0 Å². The summed E-state index contributed by atoms with van der Waals surface area (Å²) in [5, 5.41) is 3.59. The number of rotatable bonds is 9. The first-order chi connectivity index (χ1) is 9.67. The Kier molecular flexibility index (Phi) is 8.31. The topological polar surface area (TPSA) is 32.3 Å². The van der Waals surface area contributed by atoms with Crippen LogP contribution in [-0.4, -0.2) is 37.0 Å². The number of hydrogen-bond acceptors (Lipinski definition) is 2. The highest BCUT2D eigenvalue weighted by Gasteiger charge is 2.04. The molecule has 112 valence electrons. The summed E-state index contributed by atoms with van der Waals surface area (Å²) < 4.78 is 0. The molecule has 1 amide bonds. The number of carbonyl (C=O) groups excluding carboxylic acids is 1. The second-order valence-corrected chi connectivity index (χ2v) is 5.29. The standard InChI is InChI=1S/C16H25ClN2O/c1-3-19(4-2)13-7-5-6-12-18-16(20)14-8-10-15(17)11-9-14/h8-11H,3-7,12-13H2,1-2H3,(H,18,20). The molecule has 0 radical (unpaired) electrons. The zero-order valence-corrected chi connectivity index (χ0v) is 13.2. The summed E-state index contributed by atoms with van der Waals surface area (Å²) in [6.45, 7) is 8.50. The van der Waals surface area contributed by atoms with Crippen molar-refractivity contribution < 1.29 is 4.79 Å². The lowest BCUT2D eigenvalue weighted by Gasteiger charge is -2.17. The zero-order chi connectivity index (χ0) is 14.8. The van der Waals surface area contributed by atoms with Gasteiger partial charge in [0, 0.05) is 17.1 Å². The van der Waals surface area contributed by atoms with Crippen molar-refractivity contribution in [2.75, 3.05) is 26.2 Å². The summed E-state index contributed by atoms with van der Waals surface area (Å²) >= 11 is 5.79. The van der Waals surface area contributed by atoms with Gasteiger partial charge in [-0.25, -0.2) is 0 Å². The fourth-order valence-corrected chi connectivity index (χ4v) is 2.21. The fourth-order valence-electron chi connectivity index (χ4n) is 2.08. The average molecular weight is 297 g/mol. The Bertz CT molecular complexity index is 388. The van der Waals surface area contributed by atoms with Crippen LogP contribution >= 0.6 is 11.6 Å². The lowest BCUT2D eigenvalue weighted by atomic mass is 10.2. The van der Waals surface area contributed by atoms with E-state index in [1.807, 2.05) is 0 Å². The van der Waals surface area contributed by atoms with Crippen LogP contribution in [-0.2, 0) is 0 Å². The predicted molar refractivity (Wildman–Crippen MR) is 85.4 cm³/mol. The van der Waals surface area contributed by atoms with Gasteiger partial charge in [-0.15, -0.1) is 0 Å². The molecule has 0 saturated heterocycles. The van der Waals surface area contributed by atoms with Gasteiger partial charge in [0.25, 0.3) is 5.91 Å². The predicted octanol–water partition coefficient (Wildman–Crippen LogP) is 3.58. The van der Waals surface area contributed by atoms with E-state index in [-0.39, 0.29) is 5.91 Å². The first-order valence-electron chi connectivity index (χ1n) is 7.43. The monoisotopic (exact) mass is 296 g/mol. The van der Waals surface area contributed by atoms with Crippen LogP contribution in [0.3, 0.4) is 0 Å². The first-order valence-corrected chi connectivity index (χ1v) is 7.81. The van der Waals surface area contributed by atoms with Gasteiger partial charge in [0.1, 0.15) is 0 Å². The van der Waals surface area contributed by atoms with Gasteiger partial charge in [0.2, 0.25) is 0 Å². The molecule has 0 fully saturated rings. The van der Waals surface area contributed by atoms with E-state index in [1.165, 1.54) is 6.42 Å². The maximum Gasteiger partial charge on any atom is 0.251 e. The molecule has 1 rings (SSSR count). The number of carbonyl (C=O) groups is 1. The molecule has 0 saturated carbocycles. The van der Waals surface area contributed by atoms with E-state index in [1.54, 1.807) is 24.3 Å². The quantitative estimate of drug-likeness (QED) is 0.706. The summed E-state index contributed by atoms with van der Waals surface area (Å²) in [5.74, 6) is -0.0228. The minimum absolute atomic E-state index is 0.0228. The molecule has 3 nitrogen and oxygen atoms in total. The molecule has 0 spiro atoms. The maximum atomic E-state index is 11.8. The highest BCUT2D eigenvalue weighted by molar-refractivity contribution is 6.30. The SMILES string of the molecule is CCN(CC)CCCCCNC(=O)c1ccc(Cl)cc1. The van der Waals surface area contributed by atoms with E-state index in [0.29, 0.717) is 10.6 Å². The van der Waals surface area contributed by atoms with E-state index >= 15 is 0 Å². The summed E-state index contributed by atoms with van der Waals surface area (Å²) in [6, 6.07) is 6.97. The van der Waals surface area contributed by atoms with Crippen molar-refractivity contribution in [1.29, 1.82) is 0 Å². The van der Waals surface area contributed by atoms with Crippen LogP contribution in [0.2, 0.25) is 5.02 Å². The van der Waals surface area contributed by atoms with Gasteiger partial charge in [-0.2, -0.15) is 0 Å². The third kappa shape index (κ3) is 6.40. The number of hydrogen-bond donors (Lipinski definition) is 1. The highest BCUT2D eigenvalue weighted by Crippen LogP contribution is 2.09. The smallest absolute Gasteiger partial charge is 0.251 e. The van der Waals surface area contributed by atoms with Gasteiger partial charge >= 0.3 is 0 Å². The highest BCUT2D eigenvalue weighted by atomic mass is 35.5. The normalized spacial score (nSPS) is 10.8. The summed E-state index contributed by atoms with van der Waals surface area (Å²) in [4.78, 5) is 14.3. The van der Waals surface area contributed by atoms with E-state index in [0.717, 1.165) is 39.0 Å². The van der Waals surface area contributed by atoms with Crippen LogP contribution in [0.15, 0.2) is 24.3 Å². The van der Waals surface area contributed by atoms with Gasteiger partial charge in [-0.3, -0.25) is 4.79 Å². The molecule has 0 bridgehead atoms. The molecule has 0 aliphatic heterocycles. The number of halogens is 1. The molecule has 0 aromatic heterocycles. The maximum absolute atomic E-state index is 11.8. The number of nitrogens with one attached hydrogen (secondary N) is 1. The summed E-state index contributed by atoms with van der Waals surface area (Å²) in [5.41, 5.74) is 0.664. The molecule has 1 aromatic carbocycles. The molecule has 20 heavy (non-hydrogen) atoms. The average Bonchev–Trinajstić information content (AvgIpc) is 2.47. The van der Waals surface area contributed by atoms with Crippen molar-refractivity contribution >= 4 is 17.5 Å². The Labute approximate surface area is 127 Å². The lowest BCUT2D eigenvalue weighted by molar-refractivity contribution is 0.0953. The Morgan fingerprint density at radius 3 is 2.35 bits per heavy atom. The van der Waals surface area contributed by atoms with Crippen molar-refractivity contribution in [1.82, 2.24) is 10.2 Å². The zero-order valence-electron chi connectivity index (χ0n) is 12.5. The van der Waals surface area contributed by atoms with Crippen molar-refractivity contribution in [2.24, 2.45) is 0 Å². The third-order valence-corrected chi connectivity index (χ3v) is 3.69. The van der Waals surface area contributed by atoms with Gasteiger partial charge in [-0.05, 0) is 56.7 Å². The van der Waals surface area contributed by atoms with Crippen LogP contribution in [0.4, 0.5) is 0 Å². The molecular formula is C16H25ClN2O. The van der Waals surface area contributed by atoms with Crippen molar-refractivity contribution in [2.45, 2.75) is 33.1 Å². The van der Waals surface area contributed by atoms with Crippen LogP contribution in [0.25, 0.3) is 0 Å². The molecule has 0 heterocycles. The second-order valence-electron chi connectivity index (χ2n) is 4.85. The van der Waals surface area contributed by atoms with Crippen molar-refractivity contribution in [3.63, 3.8) is 0 Å². The van der Waals surface area contributed by atoms with Crippen molar-refractivity contribution in [3.8, 4) is 0 Å². The second kappa shape index (κ2) is 9.78. The molecule has 1 N–H and O–H groups in total. The Morgan fingerprint density at radius 1 is 1.10 bits per heavy atom. The van der Waals surface area contributed by atoms with Crippen LogP contribution in [0, 0.1) is 0 Å². The Balaban J connectivity index is 2.12.